The van der Waals surface area contributed by atoms with Crippen molar-refractivity contribution in [3.63, 3.8) is 0 Å². The molecular formula is C14H21N3O2. The number of esters is 1. The van der Waals surface area contributed by atoms with Gasteiger partial charge >= 0.3 is 5.97 Å². The number of aromatic nitrogens is 1. The SMILES string of the molecule is CC(C)(C)C(=O)OC1CC(c2ccc(N)nc2)CN1. The molecule has 0 amide bonds. The Balaban J connectivity index is 1.93. The van der Waals surface area contributed by atoms with Gasteiger partial charge in [0, 0.05) is 25.1 Å². The van der Waals surface area contributed by atoms with Gasteiger partial charge in [0.15, 0.2) is 6.23 Å². The molecule has 2 atom stereocenters. The van der Waals surface area contributed by atoms with E-state index in [0.717, 1.165) is 18.5 Å². The van der Waals surface area contributed by atoms with Gasteiger partial charge in [-0.1, -0.05) is 6.07 Å². The lowest BCUT2D eigenvalue weighted by atomic mass is 9.97. The molecule has 2 rings (SSSR count). The summed E-state index contributed by atoms with van der Waals surface area (Å²) in [6.45, 7) is 6.34. The van der Waals surface area contributed by atoms with Gasteiger partial charge in [0.1, 0.15) is 5.82 Å². The van der Waals surface area contributed by atoms with E-state index in [-0.39, 0.29) is 12.2 Å². The first kappa shape index (κ1) is 13.8. The Morgan fingerprint density at radius 2 is 2.21 bits per heavy atom. The molecule has 1 aromatic heterocycles. The first-order chi connectivity index (χ1) is 8.86. The molecule has 0 bridgehead atoms. The average molecular weight is 263 g/mol. The Morgan fingerprint density at radius 1 is 1.47 bits per heavy atom. The molecule has 0 aromatic carbocycles. The van der Waals surface area contributed by atoms with Crippen molar-refractivity contribution in [1.29, 1.82) is 0 Å². The number of pyridine rings is 1. The highest BCUT2D eigenvalue weighted by Crippen LogP contribution is 2.27. The van der Waals surface area contributed by atoms with E-state index < -0.39 is 5.41 Å². The highest BCUT2D eigenvalue weighted by Gasteiger charge is 2.31. The van der Waals surface area contributed by atoms with Crippen molar-refractivity contribution in [2.75, 3.05) is 12.3 Å². The fraction of sp³-hybridized carbons (Fsp3) is 0.571. The van der Waals surface area contributed by atoms with Crippen LogP contribution in [0.5, 0.6) is 0 Å². The third-order valence-electron chi connectivity index (χ3n) is 3.23. The number of nitrogens with zero attached hydrogens (tertiary/aromatic N) is 1. The third kappa shape index (κ3) is 3.44. The lowest BCUT2D eigenvalue weighted by Crippen LogP contribution is -2.33. The molecule has 1 saturated heterocycles. The van der Waals surface area contributed by atoms with E-state index in [1.165, 1.54) is 0 Å². The number of hydrogen-bond donors (Lipinski definition) is 2. The van der Waals surface area contributed by atoms with Gasteiger partial charge < -0.3 is 10.5 Å². The molecule has 3 N–H and O–H groups in total. The fourth-order valence-electron chi connectivity index (χ4n) is 2.01. The highest BCUT2D eigenvalue weighted by atomic mass is 16.6. The van der Waals surface area contributed by atoms with Crippen molar-refractivity contribution in [2.45, 2.75) is 39.3 Å². The zero-order valence-corrected chi connectivity index (χ0v) is 11.6. The Kier molecular flexibility index (Phi) is 3.75. The first-order valence-electron chi connectivity index (χ1n) is 6.52. The Labute approximate surface area is 113 Å². The van der Waals surface area contributed by atoms with Crippen LogP contribution in [0.4, 0.5) is 5.82 Å². The summed E-state index contributed by atoms with van der Waals surface area (Å²) in [4.78, 5) is 15.9. The molecule has 1 aliphatic rings. The second-order valence-electron chi connectivity index (χ2n) is 6.00. The molecule has 5 nitrogen and oxygen atoms in total. The van der Waals surface area contributed by atoms with Gasteiger partial charge in [0.2, 0.25) is 0 Å². The summed E-state index contributed by atoms with van der Waals surface area (Å²) in [5.74, 6) is 0.650. The molecule has 1 aromatic rings. The zero-order chi connectivity index (χ0) is 14.0. The topological polar surface area (TPSA) is 77.2 Å². The molecule has 1 fully saturated rings. The second kappa shape index (κ2) is 5.17. The van der Waals surface area contributed by atoms with Crippen LogP contribution in [-0.4, -0.2) is 23.7 Å². The van der Waals surface area contributed by atoms with Gasteiger partial charge in [-0.3, -0.25) is 10.1 Å². The molecule has 19 heavy (non-hydrogen) atoms. The van der Waals surface area contributed by atoms with Crippen molar-refractivity contribution in [3.05, 3.63) is 23.9 Å². The van der Waals surface area contributed by atoms with E-state index in [1.807, 2.05) is 26.8 Å². The third-order valence-corrected chi connectivity index (χ3v) is 3.23. The number of carbonyl (C=O) groups excluding carboxylic acids is 1. The molecule has 0 spiro atoms. The predicted octanol–water partition coefficient (Wildman–Crippen LogP) is 1.66. The monoisotopic (exact) mass is 263 g/mol. The number of hydrogen-bond acceptors (Lipinski definition) is 5. The van der Waals surface area contributed by atoms with Crippen LogP contribution in [0.2, 0.25) is 0 Å². The largest absolute Gasteiger partial charge is 0.446 e. The molecule has 1 aliphatic heterocycles. The highest BCUT2D eigenvalue weighted by molar-refractivity contribution is 5.75. The van der Waals surface area contributed by atoms with Gasteiger partial charge in [0.05, 0.1) is 5.41 Å². The van der Waals surface area contributed by atoms with Crippen molar-refractivity contribution >= 4 is 11.8 Å². The minimum Gasteiger partial charge on any atom is -0.446 e. The number of anilines is 1. The molecular weight excluding hydrogens is 242 g/mol. The van der Waals surface area contributed by atoms with E-state index in [9.17, 15) is 4.79 Å². The number of nitrogens with one attached hydrogen (secondary N) is 1. The van der Waals surface area contributed by atoms with Gasteiger partial charge in [-0.05, 0) is 32.4 Å². The maximum absolute atomic E-state index is 11.8. The quantitative estimate of drug-likeness (QED) is 0.793. The van der Waals surface area contributed by atoms with E-state index in [2.05, 4.69) is 10.3 Å². The van der Waals surface area contributed by atoms with Crippen LogP contribution in [0.1, 0.15) is 38.7 Å². The summed E-state index contributed by atoms with van der Waals surface area (Å²) in [5, 5.41) is 3.22. The van der Waals surface area contributed by atoms with Crippen molar-refractivity contribution in [1.82, 2.24) is 10.3 Å². The number of nitrogen functional groups attached to an aromatic ring is 1. The summed E-state index contributed by atoms with van der Waals surface area (Å²) in [6, 6.07) is 3.77. The van der Waals surface area contributed by atoms with Crippen molar-refractivity contribution < 1.29 is 9.53 Å². The maximum atomic E-state index is 11.8. The molecule has 2 unspecified atom stereocenters. The van der Waals surface area contributed by atoms with Gasteiger partial charge in [-0.2, -0.15) is 0 Å². The zero-order valence-electron chi connectivity index (χ0n) is 11.6. The van der Waals surface area contributed by atoms with Crippen LogP contribution < -0.4 is 11.1 Å². The van der Waals surface area contributed by atoms with Crippen LogP contribution in [0.25, 0.3) is 0 Å². The van der Waals surface area contributed by atoms with Crippen LogP contribution >= 0.6 is 0 Å². The fourth-order valence-corrected chi connectivity index (χ4v) is 2.01. The number of ether oxygens (including phenoxy) is 1. The van der Waals surface area contributed by atoms with E-state index in [0.29, 0.717) is 11.7 Å². The standard InChI is InChI=1S/C14H21N3O2/c1-14(2,3)13(18)19-12-6-10(8-17-12)9-4-5-11(15)16-7-9/h4-5,7,10,12,17H,6,8H2,1-3H3,(H2,15,16). The molecule has 0 saturated carbocycles. The number of carbonyl (C=O) groups is 1. The lowest BCUT2D eigenvalue weighted by Gasteiger charge is -2.20. The maximum Gasteiger partial charge on any atom is 0.312 e. The smallest absolute Gasteiger partial charge is 0.312 e. The molecule has 104 valence electrons. The minimum absolute atomic E-state index is 0.180. The average Bonchev–Trinajstić information content (AvgIpc) is 2.77. The minimum atomic E-state index is -0.470. The summed E-state index contributed by atoms with van der Waals surface area (Å²) in [5.41, 5.74) is 6.22. The lowest BCUT2D eigenvalue weighted by molar-refractivity contribution is -0.159. The molecule has 5 heteroatoms. The van der Waals surface area contributed by atoms with Crippen LogP contribution in [0.15, 0.2) is 18.3 Å². The van der Waals surface area contributed by atoms with E-state index in [1.54, 1.807) is 12.3 Å². The Morgan fingerprint density at radius 3 is 2.79 bits per heavy atom. The van der Waals surface area contributed by atoms with Gasteiger partial charge in [-0.15, -0.1) is 0 Å². The molecule has 0 aliphatic carbocycles. The van der Waals surface area contributed by atoms with Crippen LogP contribution in [0.3, 0.4) is 0 Å². The predicted molar refractivity (Wildman–Crippen MR) is 73.3 cm³/mol. The van der Waals surface area contributed by atoms with E-state index >= 15 is 0 Å². The summed E-state index contributed by atoms with van der Waals surface area (Å²) in [7, 11) is 0. The van der Waals surface area contributed by atoms with Gasteiger partial charge in [-0.25, -0.2) is 4.98 Å². The Bertz CT molecular complexity index is 451. The number of nitrogens with two attached hydrogens (primary N) is 1. The molecule has 2 heterocycles. The first-order valence-corrected chi connectivity index (χ1v) is 6.52. The van der Waals surface area contributed by atoms with Crippen LogP contribution in [-0.2, 0) is 9.53 Å². The van der Waals surface area contributed by atoms with Crippen LogP contribution in [0, 0.1) is 5.41 Å². The summed E-state index contributed by atoms with van der Waals surface area (Å²) in [6.07, 6.45) is 2.34. The molecule has 0 radical (unpaired) electrons. The Hall–Kier alpha value is -1.62. The normalized spacial score (nSPS) is 23.3. The summed E-state index contributed by atoms with van der Waals surface area (Å²) < 4.78 is 5.46. The number of rotatable bonds is 2. The van der Waals surface area contributed by atoms with Gasteiger partial charge in [0.25, 0.3) is 0 Å². The second-order valence-corrected chi connectivity index (χ2v) is 6.00. The van der Waals surface area contributed by atoms with Crippen molar-refractivity contribution in [2.24, 2.45) is 5.41 Å². The van der Waals surface area contributed by atoms with E-state index in [4.69, 9.17) is 10.5 Å². The van der Waals surface area contributed by atoms with Crippen molar-refractivity contribution in [3.8, 4) is 0 Å². The summed E-state index contributed by atoms with van der Waals surface area (Å²) >= 11 is 0.